The Morgan fingerprint density at radius 3 is 2.56 bits per heavy atom. The first-order valence-electron chi connectivity index (χ1n) is 7.79. The van der Waals surface area contributed by atoms with Gasteiger partial charge in [-0.05, 0) is 45.7 Å². The molecule has 1 aliphatic carbocycles. The molecular weight excluding hydrogens is 222 g/mol. The van der Waals surface area contributed by atoms with E-state index in [0.29, 0.717) is 6.04 Å². The van der Waals surface area contributed by atoms with Gasteiger partial charge in [0.05, 0.1) is 0 Å². The maximum absolute atomic E-state index is 3.67. The van der Waals surface area contributed by atoms with Crippen molar-refractivity contribution in [1.29, 1.82) is 0 Å². The molecule has 0 aromatic carbocycles. The summed E-state index contributed by atoms with van der Waals surface area (Å²) in [6.07, 6.45) is 4.06. The Hall–Kier alpha value is -0.120. The molecule has 3 unspecified atom stereocenters. The lowest BCUT2D eigenvalue weighted by molar-refractivity contribution is 0.0504. The van der Waals surface area contributed by atoms with Gasteiger partial charge in [-0.15, -0.1) is 0 Å². The molecule has 2 rings (SSSR count). The van der Waals surface area contributed by atoms with Gasteiger partial charge in [-0.2, -0.15) is 0 Å². The van der Waals surface area contributed by atoms with Crippen LogP contribution in [0.4, 0.5) is 0 Å². The lowest BCUT2D eigenvalue weighted by Gasteiger charge is -2.43. The molecule has 0 amide bonds. The maximum Gasteiger partial charge on any atom is 0.0218 e. The van der Waals surface area contributed by atoms with Crippen molar-refractivity contribution in [2.24, 2.45) is 5.92 Å². The SMILES string of the molecule is CCC1CN(C(C)C(C)CNC2CC2)CCN1C. The Balaban J connectivity index is 1.77. The smallest absolute Gasteiger partial charge is 0.0218 e. The molecule has 3 heteroatoms. The summed E-state index contributed by atoms with van der Waals surface area (Å²) in [4.78, 5) is 5.23. The zero-order valence-corrected chi connectivity index (χ0v) is 12.7. The van der Waals surface area contributed by atoms with Crippen molar-refractivity contribution in [1.82, 2.24) is 15.1 Å². The first-order valence-corrected chi connectivity index (χ1v) is 7.79. The van der Waals surface area contributed by atoms with Gasteiger partial charge >= 0.3 is 0 Å². The molecule has 0 aromatic heterocycles. The van der Waals surface area contributed by atoms with Crippen LogP contribution in [-0.4, -0.2) is 61.2 Å². The summed E-state index contributed by atoms with van der Waals surface area (Å²) in [5.74, 6) is 0.756. The highest BCUT2D eigenvalue weighted by atomic mass is 15.3. The van der Waals surface area contributed by atoms with Crippen LogP contribution in [0.1, 0.15) is 40.0 Å². The molecule has 3 atom stereocenters. The predicted octanol–water partition coefficient (Wildman–Crippen LogP) is 1.79. The number of rotatable bonds is 6. The van der Waals surface area contributed by atoms with E-state index in [0.717, 1.165) is 18.0 Å². The molecule has 3 nitrogen and oxygen atoms in total. The third kappa shape index (κ3) is 3.69. The fourth-order valence-corrected chi connectivity index (χ4v) is 2.95. The molecule has 2 fully saturated rings. The standard InChI is InChI=1S/C15H31N3/c1-5-15-11-18(9-8-17(15)4)13(3)12(2)10-16-14-6-7-14/h12-16H,5-11H2,1-4H3. The summed E-state index contributed by atoms with van der Waals surface area (Å²) in [6, 6.07) is 2.30. The zero-order chi connectivity index (χ0) is 13.1. The van der Waals surface area contributed by atoms with E-state index in [-0.39, 0.29) is 0 Å². The summed E-state index contributed by atoms with van der Waals surface area (Å²) in [5.41, 5.74) is 0. The van der Waals surface area contributed by atoms with E-state index in [1.54, 1.807) is 0 Å². The van der Waals surface area contributed by atoms with Crippen molar-refractivity contribution in [2.75, 3.05) is 33.2 Å². The van der Waals surface area contributed by atoms with Crippen molar-refractivity contribution in [3.05, 3.63) is 0 Å². The number of nitrogens with one attached hydrogen (secondary N) is 1. The van der Waals surface area contributed by atoms with Crippen LogP contribution in [0, 0.1) is 5.92 Å². The van der Waals surface area contributed by atoms with Gasteiger partial charge in [0.2, 0.25) is 0 Å². The minimum Gasteiger partial charge on any atom is -0.314 e. The Labute approximate surface area is 113 Å². The third-order valence-electron chi connectivity index (χ3n) is 4.99. The second-order valence-corrected chi connectivity index (χ2v) is 6.44. The Bertz CT molecular complexity index is 252. The highest BCUT2D eigenvalue weighted by Gasteiger charge is 2.29. The normalized spacial score (nSPS) is 30.3. The summed E-state index contributed by atoms with van der Waals surface area (Å²) in [6.45, 7) is 12.0. The Morgan fingerprint density at radius 2 is 1.94 bits per heavy atom. The minimum atomic E-state index is 0.707. The quantitative estimate of drug-likeness (QED) is 0.778. The summed E-state index contributed by atoms with van der Waals surface area (Å²) >= 11 is 0. The molecule has 0 aromatic rings. The fraction of sp³-hybridized carbons (Fsp3) is 1.00. The predicted molar refractivity (Wildman–Crippen MR) is 77.9 cm³/mol. The molecule has 0 spiro atoms. The second-order valence-electron chi connectivity index (χ2n) is 6.44. The highest BCUT2D eigenvalue weighted by molar-refractivity contribution is 4.86. The van der Waals surface area contributed by atoms with Crippen LogP contribution < -0.4 is 5.32 Å². The molecule has 18 heavy (non-hydrogen) atoms. The van der Waals surface area contributed by atoms with Crippen molar-refractivity contribution < 1.29 is 0 Å². The number of nitrogens with zero attached hydrogens (tertiary/aromatic N) is 2. The van der Waals surface area contributed by atoms with Crippen LogP contribution in [0.5, 0.6) is 0 Å². The molecule has 2 aliphatic rings. The lowest BCUT2D eigenvalue weighted by Crippen LogP contribution is -2.55. The van der Waals surface area contributed by atoms with Gasteiger partial charge in [0.1, 0.15) is 0 Å². The average Bonchev–Trinajstić information content (AvgIpc) is 3.19. The van der Waals surface area contributed by atoms with Crippen LogP contribution >= 0.6 is 0 Å². The molecule has 1 saturated heterocycles. The largest absolute Gasteiger partial charge is 0.314 e. The van der Waals surface area contributed by atoms with E-state index < -0.39 is 0 Å². The van der Waals surface area contributed by atoms with Crippen LogP contribution in [0.25, 0.3) is 0 Å². The molecule has 0 bridgehead atoms. The van der Waals surface area contributed by atoms with Crippen molar-refractivity contribution >= 4 is 0 Å². The molecule has 1 saturated carbocycles. The number of piperazine rings is 1. The monoisotopic (exact) mass is 253 g/mol. The second kappa shape index (κ2) is 6.36. The van der Waals surface area contributed by atoms with Gasteiger partial charge in [0.25, 0.3) is 0 Å². The van der Waals surface area contributed by atoms with E-state index >= 15 is 0 Å². The van der Waals surface area contributed by atoms with Gasteiger partial charge in [-0.1, -0.05) is 13.8 Å². The van der Waals surface area contributed by atoms with Crippen LogP contribution in [0.15, 0.2) is 0 Å². The van der Waals surface area contributed by atoms with Crippen LogP contribution in [0.2, 0.25) is 0 Å². The molecule has 106 valence electrons. The fourth-order valence-electron chi connectivity index (χ4n) is 2.95. The van der Waals surface area contributed by atoms with E-state index in [4.69, 9.17) is 0 Å². The number of hydrogen-bond donors (Lipinski definition) is 1. The van der Waals surface area contributed by atoms with E-state index in [2.05, 4.69) is 42.9 Å². The zero-order valence-electron chi connectivity index (χ0n) is 12.7. The molecule has 1 heterocycles. The van der Waals surface area contributed by atoms with Gasteiger partial charge in [0, 0.05) is 37.8 Å². The maximum atomic E-state index is 3.67. The van der Waals surface area contributed by atoms with Crippen molar-refractivity contribution in [3.63, 3.8) is 0 Å². The molecular formula is C15H31N3. The summed E-state index contributed by atoms with van der Waals surface area (Å²) in [5, 5.41) is 3.67. The highest BCUT2D eigenvalue weighted by Crippen LogP contribution is 2.21. The minimum absolute atomic E-state index is 0.707. The lowest BCUT2D eigenvalue weighted by atomic mass is 9.99. The van der Waals surface area contributed by atoms with Gasteiger partial charge < -0.3 is 10.2 Å². The van der Waals surface area contributed by atoms with E-state index in [1.165, 1.54) is 45.4 Å². The van der Waals surface area contributed by atoms with Crippen molar-refractivity contribution in [3.8, 4) is 0 Å². The van der Waals surface area contributed by atoms with Crippen LogP contribution in [0.3, 0.4) is 0 Å². The Morgan fingerprint density at radius 1 is 1.22 bits per heavy atom. The number of hydrogen-bond acceptors (Lipinski definition) is 3. The van der Waals surface area contributed by atoms with Crippen LogP contribution in [-0.2, 0) is 0 Å². The molecule has 1 aliphatic heterocycles. The molecule has 0 radical (unpaired) electrons. The third-order valence-corrected chi connectivity index (χ3v) is 4.99. The van der Waals surface area contributed by atoms with Gasteiger partial charge in [-0.25, -0.2) is 0 Å². The first-order chi connectivity index (χ1) is 8.61. The first kappa shape index (κ1) is 14.3. The summed E-state index contributed by atoms with van der Waals surface area (Å²) in [7, 11) is 2.27. The van der Waals surface area contributed by atoms with Gasteiger partial charge in [-0.3, -0.25) is 4.90 Å². The van der Waals surface area contributed by atoms with E-state index in [1.807, 2.05) is 0 Å². The topological polar surface area (TPSA) is 18.5 Å². The van der Waals surface area contributed by atoms with Gasteiger partial charge in [0.15, 0.2) is 0 Å². The van der Waals surface area contributed by atoms with E-state index in [9.17, 15) is 0 Å². The Kier molecular flexibility index (Phi) is 5.05. The average molecular weight is 253 g/mol. The number of likely N-dealkylation sites (N-methyl/N-ethyl adjacent to an activating group) is 1. The molecule has 1 N–H and O–H groups in total. The van der Waals surface area contributed by atoms with Crippen molar-refractivity contribution in [2.45, 2.75) is 58.2 Å². The summed E-state index contributed by atoms with van der Waals surface area (Å²) < 4.78 is 0.